The van der Waals surface area contributed by atoms with Crippen LogP contribution in [-0.2, 0) is 19.1 Å². The van der Waals surface area contributed by atoms with Gasteiger partial charge in [-0.1, -0.05) is 142 Å². The molecule has 6 nitrogen and oxygen atoms in total. The molecule has 37 heavy (non-hydrogen) atoms. The zero-order chi connectivity index (χ0) is 27.5. The number of hydrogen-bond acceptors (Lipinski definition) is 6. The summed E-state index contributed by atoms with van der Waals surface area (Å²) in [7, 11) is 0. The van der Waals surface area contributed by atoms with Crippen LogP contribution < -0.4 is 0 Å². The highest BCUT2D eigenvalue weighted by Crippen LogP contribution is 2.18. The van der Waals surface area contributed by atoms with Gasteiger partial charge in [-0.3, -0.25) is 9.59 Å². The van der Waals surface area contributed by atoms with Crippen molar-refractivity contribution in [1.29, 1.82) is 0 Å². The first-order valence-electron chi connectivity index (χ1n) is 15.7. The molecule has 0 spiro atoms. The summed E-state index contributed by atoms with van der Waals surface area (Å²) >= 11 is 0. The standard InChI is InChI=1S/C31H60O6/c1-3-5-7-9-11-13-15-17-19-21-23-25-29(34)36-31(27-32,28-33)37-30(35)26-24-22-20-18-16-14-12-10-8-6-4-2/h32-33H,3-28H2,1-2H3. The number of carbonyl (C=O) groups is 2. The van der Waals surface area contributed by atoms with E-state index in [9.17, 15) is 19.8 Å². The highest BCUT2D eigenvalue weighted by Gasteiger charge is 2.37. The number of aliphatic hydroxyl groups excluding tert-OH is 2. The smallest absolute Gasteiger partial charge is 0.309 e. The molecule has 0 aromatic heterocycles. The van der Waals surface area contributed by atoms with Crippen LogP contribution in [0.5, 0.6) is 0 Å². The van der Waals surface area contributed by atoms with Gasteiger partial charge in [0.1, 0.15) is 13.2 Å². The zero-order valence-corrected chi connectivity index (χ0v) is 24.4. The molecule has 0 aromatic carbocycles. The summed E-state index contributed by atoms with van der Waals surface area (Å²) in [5, 5.41) is 19.4. The van der Waals surface area contributed by atoms with Crippen molar-refractivity contribution in [3.05, 3.63) is 0 Å². The van der Waals surface area contributed by atoms with Gasteiger partial charge in [-0.05, 0) is 12.8 Å². The van der Waals surface area contributed by atoms with Crippen LogP contribution in [-0.4, -0.2) is 41.2 Å². The van der Waals surface area contributed by atoms with Crippen LogP contribution in [0.1, 0.15) is 168 Å². The fourth-order valence-electron chi connectivity index (χ4n) is 4.58. The van der Waals surface area contributed by atoms with Crippen molar-refractivity contribution in [3.63, 3.8) is 0 Å². The fraction of sp³-hybridized carbons (Fsp3) is 0.935. The van der Waals surface area contributed by atoms with Gasteiger partial charge in [-0.25, -0.2) is 0 Å². The van der Waals surface area contributed by atoms with Gasteiger partial charge in [0.15, 0.2) is 0 Å². The largest absolute Gasteiger partial charge is 0.417 e. The molecule has 0 aromatic rings. The summed E-state index contributed by atoms with van der Waals surface area (Å²) in [5.74, 6) is -3.09. The van der Waals surface area contributed by atoms with Crippen LogP contribution in [0, 0.1) is 0 Å². The lowest BCUT2D eigenvalue weighted by Gasteiger charge is -2.29. The number of rotatable bonds is 28. The second-order valence-corrected chi connectivity index (χ2v) is 10.7. The molecule has 6 heteroatoms. The molecule has 0 unspecified atom stereocenters. The predicted octanol–water partition coefficient (Wildman–Crippen LogP) is 8.16. The summed E-state index contributed by atoms with van der Waals surface area (Å²) in [6.07, 6.45) is 26.4. The first kappa shape index (κ1) is 35.9. The van der Waals surface area contributed by atoms with Crippen molar-refractivity contribution in [2.75, 3.05) is 13.2 Å². The maximum absolute atomic E-state index is 12.2. The number of hydrogen-bond donors (Lipinski definition) is 2. The Hall–Kier alpha value is -1.14. The predicted molar refractivity (Wildman–Crippen MR) is 151 cm³/mol. The lowest BCUT2D eigenvalue weighted by molar-refractivity contribution is -0.252. The number of unbranched alkanes of at least 4 members (excludes halogenated alkanes) is 20. The number of ether oxygens (including phenoxy) is 2. The first-order valence-corrected chi connectivity index (χ1v) is 15.7. The van der Waals surface area contributed by atoms with Gasteiger partial charge < -0.3 is 19.7 Å². The van der Waals surface area contributed by atoms with Crippen LogP contribution in [0.15, 0.2) is 0 Å². The second kappa shape index (κ2) is 26.5. The molecule has 0 aliphatic rings. The van der Waals surface area contributed by atoms with Crippen molar-refractivity contribution >= 4 is 11.9 Å². The monoisotopic (exact) mass is 528 g/mol. The Morgan fingerprint density at radius 1 is 0.459 bits per heavy atom. The van der Waals surface area contributed by atoms with Gasteiger partial charge >= 0.3 is 17.7 Å². The minimum atomic E-state index is -1.98. The van der Waals surface area contributed by atoms with Crippen molar-refractivity contribution < 1.29 is 29.3 Å². The summed E-state index contributed by atoms with van der Waals surface area (Å²) in [6, 6.07) is 0. The van der Waals surface area contributed by atoms with E-state index in [-0.39, 0.29) is 12.8 Å². The molecule has 0 bridgehead atoms. The van der Waals surface area contributed by atoms with Gasteiger partial charge in [0.05, 0.1) is 0 Å². The topological polar surface area (TPSA) is 93.1 Å². The summed E-state index contributed by atoms with van der Waals surface area (Å²) in [5.41, 5.74) is 0. The van der Waals surface area contributed by atoms with Crippen LogP contribution in [0.3, 0.4) is 0 Å². The number of esters is 2. The van der Waals surface area contributed by atoms with Crippen LogP contribution in [0.25, 0.3) is 0 Å². The molecule has 0 amide bonds. The third-order valence-electron chi connectivity index (χ3n) is 7.05. The maximum Gasteiger partial charge on any atom is 0.309 e. The van der Waals surface area contributed by atoms with Crippen molar-refractivity contribution in [2.45, 2.75) is 174 Å². The molecule has 0 fully saturated rings. The Morgan fingerprint density at radius 2 is 0.703 bits per heavy atom. The Labute approximate surface area is 228 Å². The fourth-order valence-corrected chi connectivity index (χ4v) is 4.58. The van der Waals surface area contributed by atoms with Crippen LogP contribution >= 0.6 is 0 Å². The Morgan fingerprint density at radius 3 is 0.946 bits per heavy atom. The van der Waals surface area contributed by atoms with Gasteiger partial charge in [0, 0.05) is 12.8 Å². The number of carbonyl (C=O) groups excluding carboxylic acids is 2. The molecule has 0 atom stereocenters. The molecule has 0 rings (SSSR count). The van der Waals surface area contributed by atoms with Crippen molar-refractivity contribution in [2.24, 2.45) is 0 Å². The summed E-state index contributed by atoms with van der Waals surface area (Å²) < 4.78 is 10.4. The van der Waals surface area contributed by atoms with E-state index < -0.39 is 30.9 Å². The second-order valence-electron chi connectivity index (χ2n) is 10.7. The molecule has 0 saturated heterocycles. The molecule has 0 aliphatic heterocycles. The molecule has 0 radical (unpaired) electrons. The average Bonchev–Trinajstić information content (AvgIpc) is 2.90. The van der Waals surface area contributed by atoms with E-state index in [2.05, 4.69) is 13.8 Å². The normalized spacial score (nSPS) is 11.6. The van der Waals surface area contributed by atoms with Gasteiger partial charge in [-0.15, -0.1) is 0 Å². The lowest BCUT2D eigenvalue weighted by Crippen LogP contribution is -2.47. The quantitative estimate of drug-likeness (QED) is 0.0604. The van der Waals surface area contributed by atoms with E-state index >= 15 is 0 Å². The van der Waals surface area contributed by atoms with Crippen LogP contribution in [0.2, 0.25) is 0 Å². The Balaban J connectivity index is 3.90. The molecule has 0 heterocycles. The van der Waals surface area contributed by atoms with E-state index in [1.807, 2.05) is 0 Å². The van der Waals surface area contributed by atoms with E-state index in [0.717, 1.165) is 25.7 Å². The highest BCUT2D eigenvalue weighted by molar-refractivity contribution is 5.72. The Bertz CT molecular complexity index is 476. The zero-order valence-electron chi connectivity index (χ0n) is 24.4. The van der Waals surface area contributed by atoms with Gasteiger partial charge in [0.25, 0.3) is 0 Å². The minimum Gasteiger partial charge on any atom is -0.417 e. The third-order valence-corrected chi connectivity index (χ3v) is 7.05. The molecular formula is C31H60O6. The number of aliphatic hydroxyl groups is 2. The molecule has 0 saturated carbocycles. The van der Waals surface area contributed by atoms with E-state index in [0.29, 0.717) is 12.8 Å². The average molecular weight is 529 g/mol. The van der Waals surface area contributed by atoms with Gasteiger partial charge in [-0.2, -0.15) is 0 Å². The summed E-state index contributed by atoms with van der Waals surface area (Å²) in [4.78, 5) is 24.5. The molecule has 2 N–H and O–H groups in total. The third kappa shape index (κ3) is 22.5. The molecular weight excluding hydrogens is 468 g/mol. The van der Waals surface area contributed by atoms with Gasteiger partial charge in [0.2, 0.25) is 0 Å². The van der Waals surface area contributed by atoms with Crippen molar-refractivity contribution in [3.8, 4) is 0 Å². The van der Waals surface area contributed by atoms with E-state index in [1.54, 1.807) is 0 Å². The highest BCUT2D eigenvalue weighted by atomic mass is 16.7. The molecule has 220 valence electrons. The summed E-state index contributed by atoms with van der Waals surface area (Å²) in [6.45, 7) is 2.96. The molecule has 0 aliphatic carbocycles. The van der Waals surface area contributed by atoms with E-state index in [1.165, 1.54) is 103 Å². The van der Waals surface area contributed by atoms with Crippen molar-refractivity contribution in [1.82, 2.24) is 0 Å². The van der Waals surface area contributed by atoms with E-state index in [4.69, 9.17) is 9.47 Å². The Kier molecular flexibility index (Phi) is 25.7. The maximum atomic E-state index is 12.2. The SMILES string of the molecule is CCCCCCCCCCCCCC(=O)OC(CO)(CO)OC(=O)CCCCCCCCCCCCC. The first-order chi connectivity index (χ1) is 18.0. The van der Waals surface area contributed by atoms with Crippen LogP contribution in [0.4, 0.5) is 0 Å². The lowest BCUT2D eigenvalue weighted by atomic mass is 10.1. The minimum absolute atomic E-state index is 0.189.